The summed E-state index contributed by atoms with van der Waals surface area (Å²) in [6, 6.07) is 1.79. The number of ether oxygens (including phenoxy) is 1. The first-order valence-electron chi connectivity index (χ1n) is 5.51. The number of carboxylic acids is 1. The molecule has 94 valence electrons. The lowest BCUT2D eigenvalue weighted by atomic mass is 10.1. The summed E-state index contributed by atoms with van der Waals surface area (Å²) >= 11 is 0. The van der Waals surface area contributed by atoms with Crippen molar-refractivity contribution in [2.24, 2.45) is 0 Å². The van der Waals surface area contributed by atoms with Crippen LogP contribution in [0.1, 0.15) is 19.8 Å². The normalized spacial score (nSPS) is 15.6. The summed E-state index contributed by atoms with van der Waals surface area (Å²) in [5, 5.41) is 10.7. The van der Waals surface area contributed by atoms with Crippen LogP contribution in [0.2, 0.25) is 0 Å². The van der Waals surface area contributed by atoms with Crippen molar-refractivity contribution in [1.29, 1.82) is 0 Å². The summed E-state index contributed by atoms with van der Waals surface area (Å²) < 4.78 is 5.66. The molecule has 1 aromatic heterocycles. The lowest BCUT2D eigenvalue weighted by molar-refractivity contribution is -0.134. The maximum atomic E-state index is 9.00. The number of rotatable bonds is 2. The van der Waals surface area contributed by atoms with Gasteiger partial charge in [0.1, 0.15) is 12.4 Å². The molecule has 6 nitrogen and oxygen atoms in total. The van der Waals surface area contributed by atoms with E-state index in [1.165, 1.54) is 6.33 Å². The SMILES string of the molecule is CC(=O)O.c1cc(OC2CCNCC2)ncn1. The van der Waals surface area contributed by atoms with Gasteiger partial charge in [0, 0.05) is 19.2 Å². The van der Waals surface area contributed by atoms with Crippen LogP contribution in [0.25, 0.3) is 0 Å². The second-order valence-corrected chi connectivity index (χ2v) is 3.63. The first-order valence-corrected chi connectivity index (χ1v) is 5.51. The molecule has 17 heavy (non-hydrogen) atoms. The van der Waals surface area contributed by atoms with E-state index in [0.717, 1.165) is 32.9 Å². The van der Waals surface area contributed by atoms with Crippen LogP contribution in [0.4, 0.5) is 0 Å². The third-order valence-electron chi connectivity index (χ3n) is 2.13. The Hall–Kier alpha value is -1.69. The molecule has 2 heterocycles. The number of hydrogen-bond acceptors (Lipinski definition) is 5. The number of nitrogens with zero attached hydrogens (tertiary/aromatic N) is 2. The summed E-state index contributed by atoms with van der Waals surface area (Å²) in [6.45, 7) is 3.16. The van der Waals surface area contributed by atoms with Crippen molar-refractivity contribution in [2.45, 2.75) is 25.9 Å². The molecule has 1 saturated heterocycles. The van der Waals surface area contributed by atoms with Gasteiger partial charge in [0.25, 0.3) is 5.97 Å². The van der Waals surface area contributed by atoms with E-state index in [9.17, 15) is 0 Å². The molecule has 0 saturated carbocycles. The Morgan fingerprint density at radius 2 is 2.18 bits per heavy atom. The smallest absolute Gasteiger partial charge is 0.300 e. The fourth-order valence-electron chi connectivity index (χ4n) is 1.43. The Morgan fingerprint density at radius 3 is 2.71 bits per heavy atom. The number of nitrogens with one attached hydrogen (secondary N) is 1. The molecular formula is C11H17N3O3. The summed E-state index contributed by atoms with van der Waals surface area (Å²) in [5.41, 5.74) is 0. The Labute approximate surface area is 100 Å². The Bertz CT molecular complexity index is 322. The maximum Gasteiger partial charge on any atom is 0.300 e. The zero-order valence-corrected chi connectivity index (χ0v) is 9.80. The van der Waals surface area contributed by atoms with E-state index in [2.05, 4.69) is 15.3 Å². The van der Waals surface area contributed by atoms with Crippen molar-refractivity contribution in [3.63, 3.8) is 0 Å². The molecule has 1 fully saturated rings. The highest BCUT2D eigenvalue weighted by Crippen LogP contribution is 2.11. The lowest BCUT2D eigenvalue weighted by Gasteiger charge is -2.22. The summed E-state index contributed by atoms with van der Waals surface area (Å²) in [4.78, 5) is 16.9. The van der Waals surface area contributed by atoms with Crippen molar-refractivity contribution in [1.82, 2.24) is 15.3 Å². The van der Waals surface area contributed by atoms with Gasteiger partial charge in [-0.3, -0.25) is 4.79 Å². The van der Waals surface area contributed by atoms with E-state index in [1.54, 1.807) is 12.3 Å². The molecule has 2 N–H and O–H groups in total. The van der Waals surface area contributed by atoms with E-state index in [0.29, 0.717) is 12.0 Å². The van der Waals surface area contributed by atoms with Crippen molar-refractivity contribution in [3.8, 4) is 5.88 Å². The van der Waals surface area contributed by atoms with E-state index in [1.807, 2.05) is 0 Å². The van der Waals surface area contributed by atoms with Crippen LogP contribution >= 0.6 is 0 Å². The maximum absolute atomic E-state index is 9.00. The molecule has 0 amide bonds. The molecule has 1 aliphatic heterocycles. The van der Waals surface area contributed by atoms with E-state index in [-0.39, 0.29) is 0 Å². The van der Waals surface area contributed by atoms with Gasteiger partial charge in [-0.15, -0.1) is 0 Å². The van der Waals surface area contributed by atoms with Crippen molar-refractivity contribution in [2.75, 3.05) is 13.1 Å². The lowest BCUT2D eigenvalue weighted by Crippen LogP contribution is -2.34. The molecule has 0 aliphatic carbocycles. The van der Waals surface area contributed by atoms with Crippen LogP contribution in [0.3, 0.4) is 0 Å². The van der Waals surface area contributed by atoms with Gasteiger partial charge in [-0.2, -0.15) is 0 Å². The zero-order chi connectivity index (χ0) is 12.5. The number of aliphatic carboxylic acids is 1. The Kier molecular flexibility index (Phi) is 5.95. The van der Waals surface area contributed by atoms with Crippen LogP contribution in [0, 0.1) is 0 Å². The minimum atomic E-state index is -0.833. The largest absolute Gasteiger partial charge is 0.481 e. The van der Waals surface area contributed by atoms with Gasteiger partial charge in [0.2, 0.25) is 5.88 Å². The first-order chi connectivity index (χ1) is 8.18. The van der Waals surface area contributed by atoms with Crippen molar-refractivity contribution >= 4 is 5.97 Å². The third kappa shape index (κ3) is 6.47. The number of aromatic nitrogens is 2. The topological polar surface area (TPSA) is 84.3 Å². The predicted molar refractivity (Wildman–Crippen MR) is 61.9 cm³/mol. The average Bonchev–Trinajstić information content (AvgIpc) is 2.31. The molecule has 0 unspecified atom stereocenters. The molecule has 0 bridgehead atoms. The molecule has 0 spiro atoms. The van der Waals surface area contributed by atoms with Crippen LogP contribution < -0.4 is 10.1 Å². The van der Waals surface area contributed by atoms with Crippen molar-refractivity contribution in [3.05, 3.63) is 18.6 Å². The van der Waals surface area contributed by atoms with E-state index in [4.69, 9.17) is 14.6 Å². The molecular weight excluding hydrogens is 222 g/mol. The van der Waals surface area contributed by atoms with Gasteiger partial charge >= 0.3 is 0 Å². The summed E-state index contributed by atoms with van der Waals surface area (Å²) in [7, 11) is 0. The number of hydrogen-bond donors (Lipinski definition) is 2. The molecule has 0 radical (unpaired) electrons. The highest BCUT2D eigenvalue weighted by atomic mass is 16.5. The standard InChI is InChI=1S/C9H13N3O.C2H4O2/c1-4-10-5-2-8(1)13-9-3-6-11-7-12-9;1-2(3)4/h3,6-8,10H,1-2,4-5H2;1H3,(H,3,4). The minimum Gasteiger partial charge on any atom is -0.481 e. The van der Waals surface area contributed by atoms with Gasteiger partial charge in [0.15, 0.2) is 0 Å². The van der Waals surface area contributed by atoms with Gasteiger partial charge < -0.3 is 15.2 Å². The van der Waals surface area contributed by atoms with Gasteiger partial charge in [-0.05, 0) is 25.9 Å². The Morgan fingerprint density at radius 1 is 1.53 bits per heavy atom. The fraction of sp³-hybridized carbons (Fsp3) is 0.545. The fourth-order valence-corrected chi connectivity index (χ4v) is 1.43. The second-order valence-electron chi connectivity index (χ2n) is 3.63. The van der Waals surface area contributed by atoms with Crippen LogP contribution in [-0.2, 0) is 4.79 Å². The van der Waals surface area contributed by atoms with Gasteiger partial charge in [-0.1, -0.05) is 0 Å². The quantitative estimate of drug-likeness (QED) is 0.790. The van der Waals surface area contributed by atoms with Gasteiger partial charge in [0.05, 0.1) is 0 Å². The number of piperidine rings is 1. The molecule has 0 aromatic carbocycles. The number of carbonyl (C=O) groups is 1. The number of carboxylic acid groups (broad SMARTS) is 1. The zero-order valence-electron chi connectivity index (χ0n) is 9.80. The Balaban J connectivity index is 0.000000317. The molecule has 0 atom stereocenters. The van der Waals surface area contributed by atoms with Gasteiger partial charge in [-0.25, -0.2) is 9.97 Å². The van der Waals surface area contributed by atoms with Crippen molar-refractivity contribution < 1.29 is 14.6 Å². The van der Waals surface area contributed by atoms with Crippen LogP contribution in [-0.4, -0.2) is 40.2 Å². The highest BCUT2D eigenvalue weighted by Gasteiger charge is 2.14. The minimum absolute atomic E-state index is 0.316. The molecule has 1 aliphatic rings. The summed E-state index contributed by atoms with van der Waals surface area (Å²) in [5.74, 6) is -0.151. The van der Waals surface area contributed by atoms with E-state index < -0.39 is 5.97 Å². The van der Waals surface area contributed by atoms with Crippen LogP contribution in [0.5, 0.6) is 5.88 Å². The average molecular weight is 239 g/mol. The first kappa shape index (κ1) is 13.4. The summed E-state index contributed by atoms with van der Waals surface area (Å²) in [6.07, 6.45) is 5.64. The highest BCUT2D eigenvalue weighted by molar-refractivity contribution is 5.62. The predicted octanol–water partition coefficient (Wildman–Crippen LogP) is 0.698. The molecule has 2 rings (SSSR count). The van der Waals surface area contributed by atoms with Crippen LogP contribution in [0.15, 0.2) is 18.6 Å². The van der Waals surface area contributed by atoms with E-state index >= 15 is 0 Å². The second kappa shape index (κ2) is 7.56. The molecule has 6 heteroatoms. The monoisotopic (exact) mass is 239 g/mol. The molecule has 1 aromatic rings. The third-order valence-corrected chi connectivity index (χ3v) is 2.13.